The van der Waals surface area contributed by atoms with Crippen LogP contribution < -0.4 is 5.32 Å². The number of hydrogen-bond acceptors (Lipinski definition) is 3. The Hall–Kier alpha value is -0.780. The number of rotatable bonds is 3. The molecule has 0 heterocycles. The van der Waals surface area contributed by atoms with Gasteiger partial charge in [-0.25, -0.2) is 8.42 Å². The van der Waals surface area contributed by atoms with E-state index in [2.05, 4.69) is 5.32 Å². The molecule has 0 aromatic heterocycles. The van der Waals surface area contributed by atoms with Gasteiger partial charge in [-0.05, 0) is 60.8 Å². The highest BCUT2D eigenvalue weighted by Gasteiger charge is 2.28. The van der Waals surface area contributed by atoms with Crippen LogP contribution in [0, 0.1) is 0 Å². The summed E-state index contributed by atoms with van der Waals surface area (Å²) in [5.74, 6) is 0.188. The van der Waals surface area contributed by atoms with E-state index in [-0.39, 0.29) is 24.4 Å². The maximum Gasteiger partial charge on any atom is 0.175 e. The lowest BCUT2D eigenvalue weighted by Crippen LogP contribution is -2.24. The van der Waals surface area contributed by atoms with Crippen LogP contribution in [0.4, 0.5) is 0 Å². The standard InChI is InChI=1S/C18H19Cl2NO2S.ClH/c1-21-18-8-6-13(11-3-7-16(19)17(20)9-11)14-5-4-12(10-15(14)18)24(2,22)23;/h3-5,7,9-10,13,18,21H,6,8H2,1-2H3;1H/t13-,18-;/m0./s1. The smallest absolute Gasteiger partial charge is 0.175 e. The molecule has 0 saturated heterocycles. The second-order valence-electron chi connectivity index (χ2n) is 6.21. The van der Waals surface area contributed by atoms with E-state index in [4.69, 9.17) is 23.2 Å². The van der Waals surface area contributed by atoms with Crippen molar-refractivity contribution in [3.8, 4) is 0 Å². The molecule has 2 atom stereocenters. The number of nitrogens with one attached hydrogen (secondary N) is 1. The number of hydrogen-bond donors (Lipinski definition) is 1. The van der Waals surface area contributed by atoms with Gasteiger partial charge in [-0.3, -0.25) is 0 Å². The molecule has 0 saturated carbocycles. The number of halogens is 3. The van der Waals surface area contributed by atoms with Gasteiger partial charge in [0.1, 0.15) is 0 Å². The molecule has 136 valence electrons. The van der Waals surface area contributed by atoms with Gasteiger partial charge in [0.05, 0.1) is 14.9 Å². The Morgan fingerprint density at radius 3 is 2.32 bits per heavy atom. The highest BCUT2D eigenvalue weighted by Crippen LogP contribution is 2.43. The molecule has 0 fully saturated rings. The maximum absolute atomic E-state index is 11.9. The van der Waals surface area contributed by atoms with E-state index in [0.29, 0.717) is 14.9 Å². The van der Waals surface area contributed by atoms with Crippen LogP contribution in [0.3, 0.4) is 0 Å². The Bertz CT molecular complexity index is 884. The second-order valence-corrected chi connectivity index (χ2v) is 9.04. The van der Waals surface area contributed by atoms with Crippen molar-refractivity contribution >= 4 is 45.4 Å². The van der Waals surface area contributed by atoms with Crippen molar-refractivity contribution in [3.05, 3.63) is 63.1 Å². The van der Waals surface area contributed by atoms with Gasteiger partial charge in [0.2, 0.25) is 0 Å². The Kier molecular flexibility index (Phi) is 6.45. The number of sulfone groups is 1. The van der Waals surface area contributed by atoms with Gasteiger partial charge in [-0.1, -0.05) is 35.3 Å². The normalized spacial score (nSPS) is 19.8. The van der Waals surface area contributed by atoms with Gasteiger partial charge in [0.15, 0.2) is 9.84 Å². The summed E-state index contributed by atoms with van der Waals surface area (Å²) in [6.45, 7) is 0. The molecule has 7 heteroatoms. The zero-order valence-electron chi connectivity index (χ0n) is 13.9. The summed E-state index contributed by atoms with van der Waals surface area (Å²) in [5.41, 5.74) is 3.29. The Morgan fingerprint density at radius 2 is 1.72 bits per heavy atom. The third-order valence-corrected chi connectivity index (χ3v) is 6.53. The zero-order valence-corrected chi connectivity index (χ0v) is 17.1. The SMILES string of the molecule is CN[C@H]1CC[C@@H](c2ccc(Cl)c(Cl)c2)c2ccc(S(C)(=O)=O)cc21.Cl. The topological polar surface area (TPSA) is 46.2 Å². The molecule has 1 N–H and O–H groups in total. The predicted molar refractivity (Wildman–Crippen MR) is 106 cm³/mol. The molecule has 3 nitrogen and oxygen atoms in total. The van der Waals surface area contributed by atoms with E-state index in [0.717, 1.165) is 29.5 Å². The second kappa shape index (κ2) is 7.85. The molecule has 25 heavy (non-hydrogen) atoms. The van der Waals surface area contributed by atoms with Crippen molar-refractivity contribution in [1.82, 2.24) is 5.32 Å². The Balaban J connectivity index is 0.00000225. The maximum atomic E-state index is 11.9. The monoisotopic (exact) mass is 419 g/mol. The largest absolute Gasteiger partial charge is 0.313 e. The third-order valence-electron chi connectivity index (χ3n) is 4.68. The summed E-state index contributed by atoms with van der Waals surface area (Å²) in [5, 5.41) is 4.37. The fraction of sp³-hybridized carbons (Fsp3) is 0.333. The molecule has 0 aliphatic heterocycles. The Labute approximate surface area is 165 Å². The van der Waals surface area contributed by atoms with Crippen LogP contribution in [0.5, 0.6) is 0 Å². The summed E-state index contributed by atoms with van der Waals surface area (Å²) >= 11 is 12.2. The van der Waals surface area contributed by atoms with E-state index >= 15 is 0 Å². The minimum atomic E-state index is -3.23. The van der Waals surface area contributed by atoms with Crippen molar-refractivity contribution in [1.29, 1.82) is 0 Å². The molecule has 0 unspecified atom stereocenters. The zero-order chi connectivity index (χ0) is 17.5. The minimum Gasteiger partial charge on any atom is -0.313 e. The molecular formula is C18H20Cl3NO2S. The summed E-state index contributed by atoms with van der Waals surface area (Å²) < 4.78 is 23.8. The van der Waals surface area contributed by atoms with Crippen molar-refractivity contribution in [3.63, 3.8) is 0 Å². The highest BCUT2D eigenvalue weighted by atomic mass is 35.5. The summed E-state index contributed by atoms with van der Waals surface area (Å²) in [7, 11) is -1.32. The van der Waals surface area contributed by atoms with Crippen LogP contribution in [0.25, 0.3) is 0 Å². The van der Waals surface area contributed by atoms with E-state index < -0.39 is 9.84 Å². The molecule has 2 aromatic rings. The minimum absolute atomic E-state index is 0. The van der Waals surface area contributed by atoms with Gasteiger partial charge in [0.25, 0.3) is 0 Å². The molecule has 3 rings (SSSR count). The lowest BCUT2D eigenvalue weighted by molar-refractivity contribution is 0.469. The molecule has 0 amide bonds. The first-order valence-electron chi connectivity index (χ1n) is 7.77. The molecule has 1 aliphatic carbocycles. The quantitative estimate of drug-likeness (QED) is 0.759. The fourth-order valence-corrected chi connectivity index (χ4v) is 4.38. The van der Waals surface area contributed by atoms with Gasteiger partial charge >= 0.3 is 0 Å². The van der Waals surface area contributed by atoms with Crippen LogP contribution in [-0.4, -0.2) is 21.7 Å². The molecule has 0 radical (unpaired) electrons. The van der Waals surface area contributed by atoms with Crippen molar-refractivity contribution in [2.75, 3.05) is 13.3 Å². The van der Waals surface area contributed by atoms with Crippen LogP contribution >= 0.6 is 35.6 Å². The number of fused-ring (bicyclic) bond motifs is 1. The van der Waals surface area contributed by atoms with Gasteiger partial charge < -0.3 is 5.32 Å². The van der Waals surface area contributed by atoms with Crippen LogP contribution in [0.15, 0.2) is 41.3 Å². The van der Waals surface area contributed by atoms with Crippen molar-refractivity contribution in [2.45, 2.75) is 29.7 Å². The predicted octanol–water partition coefficient (Wildman–Crippen LogP) is 5.00. The van der Waals surface area contributed by atoms with Crippen molar-refractivity contribution < 1.29 is 8.42 Å². The first-order valence-corrected chi connectivity index (χ1v) is 10.4. The summed E-state index contributed by atoms with van der Waals surface area (Å²) in [4.78, 5) is 0.358. The van der Waals surface area contributed by atoms with Gasteiger partial charge in [0, 0.05) is 18.2 Å². The lowest BCUT2D eigenvalue weighted by atomic mass is 9.77. The molecule has 0 spiro atoms. The Morgan fingerprint density at radius 1 is 1.00 bits per heavy atom. The lowest BCUT2D eigenvalue weighted by Gasteiger charge is -2.32. The fourth-order valence-electron chi connectivity index (χ4n) is 3.42. The van der Waals surface area contributed by atoms with Gasteiger partial charge in [-0.2, -0.15) is 0 Å². The average molecular weight is 421 g/mol. The van der Waals surface area contributed by atoms with Crippen molar-refractivity contribution in [2.24, 2.45) is 0 Å². The third kappa shape index (κ3) is 4.15. The summed E-state index contributed by atoms with van der Waals surface area (Å²) in [6.07, 6.45) is 3.14. The summed E-state index contributed by atoms with van der Waals surface area (Å²) in [6, 6.07) is 11.3. The van der Waals surface area contributed by atoms with Crippen LogP contribution in [0.1, 0.15) is 41.5 Å². The first-order chi connectivity index (χ1) is 11.3. The van der Waals surface area contributed by atoms with E-state index in [1.165, 1.54) is 6.26 Å². The number of benzene rings is 2. The van der Waals surface area contributed by atoms with Crippen LogP contribution in [0.2, 0.25) is 10.0 Å². The van der Waals surface area contributed by atoms with E-state index in [1.807, 2.05) is 31.3 Å². The van der Waals surface area contributed by atoms with E-state index in [1.54, 1.807) is 12.1 Å². The average Bonchev–Trinajstić information content (AvgIpc) is 2.55. The molecule has 0 bridgehead atoms. The molecule has 1 aliphatic rings. The molecular weight excluding hydrogens is 401 g/mol. The first kappa shape index (κ1) is 20.5. The molecule has 2 aromatic carbocycles. The van der Waals surface area contributed by atoms with Crippen LogP contribution in [-0.2, 0) is 9.84 Å². The highest BCUT2D eigenvalue weighted by molar-refractivity contribution is 7.90. The van der Waals surface area contributed by atoms with E-state index in [9.17, 15) is 8.42 Å². The van der Waals surface area contributed by atoms with Gasteiger partial charge in [-0.15, -0.1) is 12.4 Å².